The normalized spacial score (nSPS) is 15.5. The van der Waals surface area contributed by atoms with Crippen molar-refractivity contribution >= 4 is 27.1 Å². The van der Waals surface area contributed by atoms with Gasteiger partial charge in [0, 0.05) is 23.5 Å². The molecule has 3 rings (SSSR count). The molecule has 0 spiro atoms. The monoisotopic (exact) mass is 391 g/mol. The Labute approximate surface area is 158 Å². The average molecular weight is 391 g/mol. The summed E-state index contributed by atoms with van der Waals surface area (Å²) in [4.78, 5) is 14.0. The lowest BCUT2D eigenvalue weighted by atomic mass is 10.2. The fraction of sp³-hybridized carbons (Fsp3) is 0.333. The minimum atomic E-state index is -3.79. The van der Waals surface area contributed by atoms with E-state index in [0.717, 1.165) is 38.4 Å². The Balaban J connectivity index is 1.67. The van der Waals surface area contributed by atoms with Crippen molar-refractivity contribution in [2.45, 2.75) is 11.8 Å². The molecule has 2 N–H and O–H groups in total. The molecule has 9 heteroatoms. The van der Waals surface area contributed by atoms with Gasteiger partial charge < -0.3 is 9.80 Å². The maximum Gasteiger partial charge on any atom is 0.269 e. The first-order valence-electron chi connectivity index (χ1n) is 8.85. The number of nitro groups is 1. The second-order valence-electron chi connectivity index (χ2n) is 6.49. The number of sulfonamides is 1. The summed E-state index contributed by atoms with van der Waals surface area (Å²) in [7, 11) is -3.79. The number of piperazine rings is 1. The van der Waals surface area contributed by atoms with Gasteiger partial charge in [0.05, 0.1) is 42.5 Å². The second kappa shape index (κ2) is 7.93. The van der Waals surface area contributed by atoms with Crippen molar-refractivity contribution in [3.63, 3.8) is 0 Å². The molecular formula is C18H23N4O4S+. The molecule has 144 valence electrons. The van der Waals surface area contributed by atoms with E-state index in [1.807, 2.05) is 12.1 Å². The molecule has 27 heavy (non-hydrogen) atoms. The maximum absolute atomic E-state index is 12.4. The molecule has 0 saturated carbocycles. The topological polar surface area (TPSA) is 97.0 Å². The van der Waals surface area contributed by atoms with E-state index in [1.54, 1.807) is 17.0 Å². The highest BCUT2D eigenvalue weighted by atomic mass is 32.2. The molecule has 2 aromatic rings. The lowest BCUT2D eigenvalue weighted by Gasteiger charge is -2.33. The number of nitro benzene ring substituents is 1. The highest BCUT2D eigenvalue weighted by Crippen LogP contribution is 2.22. The van der Waals surface area contributed by atoms with Crippen molar-refractivity contribution in [3.8, 4) is 0 Å². The van der Waals surface area contributed by atoms with Gasteiger partial charge >= 0.3 is 0 Å². The molecule has 1 fully saturated rings. The predicted molar refractivity (Wildman–Crippen MR) is 104 cm³/mol. The van der Waals surface area contributed by atoms with Crippen LogP contribution in [0.5, 0.6) is 0 Å². The van der Waals surface area contributed by atoms with Gasteiger partial charge in [-0.05, 0) is 43.3 Å². The molecule has 1 saturated heterocycles. The zero-order valence-electron chi connectivity index (χ0n) is 15.1. The largest absolute Gasteiger partial charge is 0.360 e. The molecule has 0 radical (unpaired) electrons. The fourth-order valence-corrected chi connectivity index (χ4v) is 4.19. The quantitative estimate of drug-likeness (QED) is 0.568. The highest BCUT2D eigenvalue weighted by molar-refractivity contribution is 7.92. The summed E-state index contributed by atoms with van der Waals surface area (Å²) in [6.45, 7) is 7.50. The van der Waals surface area contributed by atoms with Crippen LogP contribution in [-0.2, 0) is 10.0 Å². The standard InChI is InChI=1S/C18H22N4O4S/c1-2-20-11-13-21(14-12-20)16-5-3-15(4-6-16)19-27(25,26)18-9-7-17(8-10-18)22(23)24/h3-10,19H,2,11-14H2,1H3/p+1. The first-order valence-corrected chi connectivity index (χ1v) is 10.3. The summed E-state index contributed by atoms with van der Waals surface area (Å²) in [5, 5.41) is 10.7. The van der Waals surface area contributed by atoms with Gasteiger partial charge in [-0.3, -0.25) is 14.8 Å². The van der Waals surface area contributed by atoms with E-state index in [4.69, 9.17) is 0 Å². The summed E-state index contributed by atoms with van der Waals surface area (Å²) < 4.78 is 27.4. The van der Waals surface area contributed by atoms with Gasteiger partial charge in [0.2, 0.25) is 0 Å². The number of rotatable bonds is 6. The smallest absolute Gasteiger partial charge is 0.269 e. The van der Waals surface area contributed by atoms with Crippen LogP contribution in [0.4, 0.5) is 17.1 Å². The molecule has 0 aliphatic carbocycles. The summed E-state index contributed by atoms with van der Waals surface area (Å²) in [6.07, 6.45) is 0. The number of nitrogens with one attached hydrogen (secondary N) is 2. The van der Waals surface area contributed by atoms with E-state index < -0.39 is 14.9 Å². The van der Waals surface area contributed by atoms with Crippen molar-refractivity contribution in [1.82, 2.24) is 0 Å². The Morgan fingerprint density at radius 2 is 1.67 bits per heavy atom. The van der Waals surface area contributed by atoms with Crippen LogP contribution in [0, 0.1) is 10.1 Å². The Morgan fingerprint density at radius 3 is 2.19 bits per heavy atom. The lowest BCUT2D eigenvalue weighted by molar-refractivity contribution is -0.898. The third kappa shape index (κ3) is 4.55. The van der Waals surface area contributed by atoms with Crippen molar-refractivity contribution in [2.24, 2.45) is 0 Å². The summed E-state index contributed by atoms with van der Waals surface area (Å²) >= 11 is 0. The van der Waals surface area contributed by atoms with Crippen molar-refractivity contribution < 1.29 is 18.2 Å². The van der Waals surface area contributed by atoms with Crippen LogP contribution in [0.2, 0.25) is 0 Å². The van der Waals surface area contributed by atoms with Gasteiger partial charge in [-0.2, -0.15) is 0 Å². The lowest BCUT2D eigenvalue weighted by Crippen LogP contribution is -3.14. The van der Waals surface area contributed by atoms with Crippen molar-refractivity contribution in [3.05, 3.63) is 58.6 Å². The number of hydrogen-bond acceptors (Lipinski definition) is 5. The zero-order chi connectivity index (χ0) is 19.4. The summed E-state index contributed by atoms with van der Waals surface area (Å²) in [5.74, 6) is 0. The van der Waals surface area contributed by atoms with Crippen LogP contribution in [0.15, 0.2) is 53.4 Å². The molecule has 2 aromatic carbocycles. The van der Waals surface area contributed by atoms with Crippen LogP contribution >= 0.6 is 0 Å². The van der Waals surface area contributed by atoms with Crippen LogP contribution in [0.25, 0.3) is 0 Å². The third-order valence-corrected chi connectivity index (χ3v) is 6.21. The van der Waals surface area contributed by atoms with Crippen LogP contribution in [0.3, 0.4) is 0 Å². The van der Waals surface area contributed by atoms with Crippen LogP contribution in [0.1, 0.15) is 6.92 Å². The van der Waals surface area contributed by atoms with E-state index in [2.05, 4.69) is 16.5 Å². The number of nitrogens with zero attached hydrogens (tertiary/aromatic N) is 2. The van der Waals surface area contributed by atoms with Gasteiger partial charge in [-0.25, -0.2) is 8.42 Å². The minimum Gasteiger partial charge on any atom is -0.360 e. The number of benzene rings is 2. The molecule has 0 unspecified atom stereocenters. The number of hydrogen-bond donors (Lipinski definition) is 2. The fourth-order valence-electron chi connectivity index (χ4n) is 3.14. The van der Waals surface area contributed by atoms with Gasteiger partial charge in [-0.1, -0.05) is 0 Å². The molecule has 0 bridgehead atoms. The first-order chi connectivity index (χ1) is 12.9. The SMILES string of the molecule is CC[NH+]1CCN(c2ccc(NS(=O)(=O)c3ccc([N+](=O)[O-])cc3)cc2)CC1. The van der Waals surface area contributed by atoms with Crippen molar-refractivity contribution in [1.29, 1.82) is 0 Å². The number of anilines is 2. The number of non-ortho nitro benzene ring substituents is 1. The number of quaternary nitrogens is 1. The maximum atomic E-state index is 12.4. The summed E-state index contributed by atoms with van der Waals surface area (Å²) in [6, 6.07) is 12.1. The molecule has 0 aromatic heterocycles. The van der Waals surface area contributed by atoms with Crippen molar-refractivity contribution in [2.75, 3.05) is 42.3 Å². The zero-order valence-corrected chi connectivity index (χ0v) is 15.9. The molecule has 8 nitrogen and oxygen atoms in total. The predicted octanol–water partition coefficient (Wildman–Crippen LogP) is 1.12. The van der Waals surface area contributed by atoms with E-state index in [0.29, 0.717) is 5.69 Å². The molecule has 1 aliphatic heterocycles. The molecule has 0 atom stereocenters. The molecular weight excluding hydrogens is 368 g/mol. The molecule has 1 heterocycles. The average Bonchev–Trinajstić information content (AvgIpc) is 2.68. The first kappa shape index (κ1) is 19.1. The Bertz CT molecular complexity index is 890. The molecule has 0 amide bonds. The highest BCUT2D eigenvalue weighted by Gasteiger charge is 2.19. The Hall–Kier alpha value is -2.65. The number of likely N-dealkylation sites (N-methyl/N-ethyl adjacent to an activating group) is 1. The summed E-state index contributed by atoms with van der Waals surface area (Å²) in [5.41, 5.74) is 1.38. The van der Waals surface area contributed by atoms with E-state index in [-0.39, 0.29) is 10.6 Å². The van der Waals surface area contributed by atoms with E-state index >= 15 is 0 Å². The third-order valence-electron chi connectivity index (χ3n) is 4.81. The minimum absolute atomic E-state index is 0.0177. The van der Waals surface area contributed by atoms with Gasteiger partial charge in [0.15, 0.2) is 0 Å². The van der Waals surface area contributed by atoms with E-state index in [9.17, 15) is 18.5 Å². The molecule has 1 aliphatic rings. The Morgan fingerprint density at radius 1 is 1.07 bits per heavy atom. The Kier molecular flexibility index (Phi) is 5.62. The van der Waals surface area contributed by atoms with Crippen LogP contribution in [-0.4, -0.2) is 46.1 Å². The second-order valence-corrected chi connectivity index (χ2v) is 8.18. The van der Waals surface area contributed by atoms with E-state index in [1.165, 1.54) is 24.3 Å². The van der Waals surface area contributed by atoms with Crippen LogP contribution < -0.4 is 14.5 Å². The van der Waals surface area contributed by atoms with Gasteiger partial charge in [0.25, 0.3) is 15.7 Å². The van der Waals surface area contributed by atoms with Gasteiger partial charge in [-0.15, -0.1) is 0 Å². The van der Waals surface area contributed by atoms with Gasteiger partial charge in [0.1, 0.15) is 0 Å².